The number of ether oxygens (including phenoxy) is 1. The minimum atomic E-state index is -0.588. The van der Waals surface area contributed by atoms with Crippen LogP contribution in [0.3, 0.4) is 0 Å². The maximum atomic E-state index is 13.6. The third kappa shape index (κ3) is 4.16. The van der Waals surface area contributed by atoms with E-state index in [1.54, 1.807) is 11.8 Å². The van der Waals surface area contributed by atoms with Gasteiger partial charge in [0.05, 0.1) is 12.2 Å². The number of amides is 2. The van der Waals surface area contributed by atoms with Crippen molar-refractivity contribution in [3.63, 3.8) is 0 Å². The summed E-state index contributed by atoms with van der Waals surface area (Å²) in [6.45, 7) is 6.58. The summed E-state index contributed by atoms with van der Waals surface area (Å²) in [5.41, 5.74) is -0.000913. The Balaban J connectivity index is 1.94. The maximum Gasteiger partial charge on any atom is 0.317 e. The molecule has 2 rings (SSSR count). The van der Waals surface area contributed by atoms with Gasteiger partial charge in [-0.15, -0.1) is 0 Å². The van der Waals surface area contributed by atoms with Crippen LogP contribution in [0.4, 0.5) is 13.6 Å². The molecule has 1 aromatic rings. The van der Waals surface area contributed by atoms with Gasteiger partial charge < -0.3 is 15.0 Å². The number of nitrogens with one attached hydrogen (secondary N) is 1. The molecule has 3 atom stereocenters. The zero-order valence-electron chi connectivity index (χ0n) is 13.1. The second-order valence-corrected chi connectivity index (χ2v) is 5.92. The molecule has 0 bridgehead atoms. The molecule has 1 N–H and O–H groups in total. The van der Waals surface area contributed by atoms with Crippen LogP contribution in [-0.4, -0.2) is 42.3 Å². The first kappa shape index (κ1) is 16.7. The van der Waals surface area contributed by atoms with Gasteiger partial charge in [-0.05, 0) is 39.3 Å². The van der Waals surface area contributed by atoms with Gasteiger partial charge in [-0.25, -0.2) is 13.6 Å². The van der Waals surface area contributed by atoms with Gasteiger partial charge in [0, 0.05) is 24.7 Å². The van der Waals surface area contributed by atoms with Crippen LogP contribution in [-0.2, 0) is 11.2 Å². The molecule has 4 nitrogen and oxygen atoms in total. The summed E-state index contributed by atoms with van der Waals surface area (Å²) in [7, 11) is 0. The summed E-state index contributed by atoms with van der Waals surface area (Å²) in [5, 5.41) is 2.79. The topological polar surface area (TPSA) is 41.6 Å². The van der Waals surface area contributed by atoms with E-state index < -0.39 is 11.6 Å². The molecule has 2 amide bonds. The Morgan fingerprint density at radius 1 is 1.32 bits per heavy atom. The molecule has 1 fully saturated rings. The first-order valence-electron chi connectivity index (χ1n) is 7.50. The molecule has 1 aliphatic rings. The first-order valence-corrected chi connectivity index (χ1v) is 7.50. The molecule has 1 saturated heterocycles. The fourth-order valence-electron chi connectivity index (χ4n) is 2.73. The normalized spacial score (nSPS) is 23.2. The van der Waals surface area contributed by atoms with Crippen molar-refractivity contribution in [2.45, 2.75) is 45.4 Å². The Morgan fingerprint density at radius 3 is 2.41 bits per heavy atom. The van der Waals surface area contributed by atoms with Gasteiger partial charge in [0.1, 0.15) is 11.6 Å². The van der Waals surface area contributed by atoms with Crippen LogP contribution in [0.1, 0.15) is 26.3 Å². The van der Waals surface area contributed by atoms with Gasteiger partial charge in [0.2, 0.25) is 0 Å². The van der Waals surface area contributed by atoms with Crippen LogP contribution in [0.25, 0.3) is 0 Å². The third-order valence-electron chi connectivity index (χ3n) is 3.65. The van der Waals surface area contributed by atoms with E-state index in [0.717, 1.165) is 0 Å². The minimum Gasteiger partial charge on any atom is -0.372 e. The number of nitrogens with zero attached hydrogens (tertiary/aromatic N) is 1. The van der Waals surface area contributed by atoms with Crippen molar-refractivity contribution in [2.75, 3.05) is 13.1 Å². The lowest BCUT2D eigenvalue weighted by atomic mass is 10.1. The lowest BCUT2D eigenvalue weighted by Crippen LogP contribution is -2.53. The molecule has 0 radical (unpaired) electrons. The molecular weight excluding hydrogens is 290 g/mol. The Labute approximate surface area is 129 Å². The molecule has 0 aliphatic carbocycles. The maximum absolute atomic E-state index is 13.6. The number of halogens is 2. The number of carbonyl (C=O) groups excluding carboxylic acids is 1. The molecule has 6 heteroatoms. The molecule has 1 aromatic carbocycles. The number of morpholine rings is 1. The average Bonchev–Trinajstić information content (AvgIpc) is 2.42. The van der Waals surface area contributed by atoms with E-state index in [0.29, 0.717) is 13.1 Å². The van der Waals surface area contributed by atoms with Crippen molar-refractivity contribution >= 4 is 6.03 Å². The molecule has 1 aliphatic heterocycles. The average molecular weight is 312 g/mol. The largest absolute Gasteiger partial charge is 0.372 e. The van der Waals surface area contributed by atoms with Gasteiger partial charge in [-0.3, -0.25) is 0 Å². The predicted octanol–water partition coefficient (Wildman–Crippen LogP) is 2.71. The Hall–Kier alpha value is -1.69. The van der Waals surface area contributed by atoms with Crippen molar-refractivity contribution in [1.29, 1.82) is 0 Å². The van der Waals surface area contributed by atoms with Crippen molar-refractivity contribution < 1.29 is 18.3 Å². The monoisotopic (exact) mass is 312 g/mol. The summed E-state index contributed by atoms with van der Waals surface area (Å²) >= 11 is 0. The SMILES string of the molecule is CC(Cc1c(F)cccc1F)NC(=O)N1CC(C)OC(C)C1. The van der Waals surface area contributed by atoms with Gasteiger partial charge in [0.25, 0.3) is 0 Å². The second kappa shape index (κ2) is 7.05. The van der Waals surface area contributed by atoms with E-state index in [2.05, 4.69) is 5.32 Å². The van der Waals surface area contributed by atoms with Crippen LogP contribution in [0.5, 0.6) is 0 Å². The highest BCUT2D eigenvalue weighted by molar-refractivity contribution is 5.74. The smallest absolute Gasteiger partial charge is 0.317 e. The quantitative estimate of drug-likeness (QED) is 0.932. The van der Waals surface area contributed by atoms with Gasteiger partial charge in [0.15, 0.2) is 0 Å². The van der Waals surface area contributed by atoms with E-state index in [1.807, 2.05) is 13.8 Å². The Kier molecular flexibility index (Phi) is 5.34. The third-order valence-corrected chi connectivity index (χ3v) is 3.65. The van der Waals surface area contributed by atoms with E-state index in [9.17, 15) is 13.6 Å². The summed E-state index contributed by atoms with van der Waals surface area (Å²) in [6, 6.07) is 3.17. The Morgan fingerprint density at radius 2 is 1.86 bits per heavy atom. The number of carbonyl (C=O) groups is 1. The van der Waals surface area contributed by atoms with Crippen LogP contribution in [0.2, 0.25) is 0 Å². The molecule has 0 spiro atoms. The minimum absolute atomic E-state index is 0.000913. The molecule has 0 aromatic heterocycles. The zero-order chi connectivity index (χ0) is 16.3. The number of hydrogen-bond donors (Lipinski definition) is 1. The molecule has 0 saturated carbocycles. The van der Waals surface area contributed by atoms with Crippen molar-refractivity contribution in [2.24, 2.45) is 0 Å². The number of urea groups is 1. The summed E-state index contributed by atoms with van der Waals surface area (Å²) < 4.78 is 32.8. The lowest BCUT2D eigenvalue weighted by molar-refractivity contribution is -0.0547. The van der Waals surface area contributed by atoms with Crippen molar-refractivity contribution in [3.05, 3.63) is 35.4 Å². The van der Waals surface area contributed by atoms with E-state index in [1.165, 1.54) is 18.2 Å². The summed E-state index contributed by atoms with van der Waals surface area (Å²) in [6.07, 6.45) is 0.0716. The molecule has 122 valence electrons. The second-order valence-electron chi connectivity index (χ2n) is 5.92. The molecular formula is C16H22F2N2O2. The van der Waals surface area contributed by atoms with E-state index in [-0.39, 0.29) is 36.3 Å². The highest BCUT2D eigenvalue weighted by atomic mass is 19.1. The van der Waals surface area contributed by atoms with Crippen LogP contribution in [0.15, 0.2) is 18.2 Å². The Bertz CT molecular complexity index is 509. The highest BCUT2D eigenvalue weighted by Gasteiger charge is 2.26. The predicted molar refractivity (Wildman–Crippen MR) is 79.6 cm³/mol. The molecule has 1 heterocycles. The van der Waals surface area contributed by atoms with E-state index >= 15 is 0 Å². The molecule has 3 unspecified atom stereocenters. The van der Waals surface area contributed by atoms with Crippen LogP contribution >= 0.6 is 0 Å². The van der Waals surface area contributed by atoms with E-state index in [4.69, 9.17) is 4.74 Å². The first-order chi connectivity index (χ1) is 10.4. The van der Waals surface area contributed by atoms with Gasteiger partial charge in [-0.2, -0.15) is 0 Å². The standard InChI is InChI=1S/C16H22F2N2O2/c1-10(7-13-14(17)5-4-6-15(13)18)19-16(21)20-8-11(2)22-12(3)9-20/h4-6,10-12H,7-9H2,1-3H3,(H,19,21). The van der Waals surface area contributed by atoms with Gasteiger partial charge >= 0.3 is 6.03 Å². The van der Waals surface area contributed by atoms with Gasteiger partial charge in [-0.1, -0.05) is 6.07 Å². The van der Waals surface area contributed by atoms with Crippen molar-refractivity contribution in [1.82, 2.24) is 10.2 Å². The fraction of sp³-hybridized carbons (Fsp3) is 0.562. The highest BCUT2D eigenvalue weighted by Crippen LogP contribution is 2.15. The molecule has 22 heavy (non-hydrogen) atoms. The number of benzene rings is 1. The zero-order valence-corrected chi connectivity index (χ0v) is 13.1. The number of rotatable bonds is 3. The van der Waals surface area contributed by atoms with Crippen molar-refractivity contribution in [3.8, 4) is 0 Å². The number of hydrogen-bond acceptors (Lipinski definition) is 2. The van der Waals surface area contributed by atoms with Crippen LogP contribution in [0, 0.1) is 11.6 Å². The fourth-order valence-corrected chi connectivity index (χ4v) is 2.73. The summed E-state index contributed by atoms with van der Waals surface area (Å²) in [5.74, 6) is -1.18. The van der Waals surface area contributed by atoms with Crippen LogP contribution < -0.4 is 5.32 Å². The summed E-state index contributed by atoms with van der Waals surface area (Å²) in [4.78, 5) is 13.9. The lowest BCUT2D eigenvalue weighted by Gasteiger charge is -2.35.